The number of nitrogens with zero attached hydrogens (tertiary/aromatic N) is 1. The molecule has 2 aromatic rings. The Morgan fingerprint density at radius 1 is 1.50 bits per heavy atom. The summed E-state index contributed by atoms with van der Waals surface area (Å²) in [6, 6.07) is 5.00. The molecule has 1 aromatic heterocycles. The minimum absolute atomic E-state index is 0.202. The van der Waals surface area contributed by atoms with Crippen molar-refractivity contribution in [2.24, 2.45) is 0 Å². The second kappa shape index (κ2) is 4.95. The first-order valence-corrected chi connectivity index (χ1v) is 6.38. The number of carbonyl (C=O) groups excluding carboxylic acids is 1. The summed E-state index contributed by atoms with van der Waals surface area (Å²) in [4.78, 5) is 15.7. The Hall–Kier alpha value is -0.910. The highest BCUT2D eigenvalue weighted by Crippen LogP contribution is 2.23. The predicted molar refractivity (Wildman–Crippen MR) is 69.2 cm³/mol. The van der Waals surface area contributed by atoms with Crippen molar-refractivity contribution in [2.45, 2.75) is 0 Å². The van der Waals surface area contributed by atoms with Crippen molar-refractivity contribution in [3.63, 3.8) is 0 Å². The van der Waals surface area contributed by atoms with E-state index in [-0.39, 0.29) is 5.91 Å². The molecule has 82 valence electrons. The SMILES string of the molecule is O=C(Nc1nccs1)c1ccc(Cl)c(Br)c1. The van der Waals surface area contributed by atoms with E-state index in [1.54, 1.807) is 29.8 Å². The molecule has 1 N–H and O–H groups in total. The molecule has 0 unspecified atom stereocenters. The van der Waals surface area contributed by atoms with Crippen LogP contribution in [0.25, 0.3) is 0 Å². The zero-order chi connectivity index (χ0) is 11.5. The summed E-state index contributed by atoms with van der Waals surface area (Å²) < 4.78 is 0.695. The van der Waals surface area contributed by atoms with E-state index in [0.29, 0.717) is 20.2 Å². The van der Waals surface area contributed by atoms with Crippen LogP contribution in [0.3, 0.4) is 0 Å². The van der Waals surface area contributed by atoms with Crippen LogP contribution in [0.1, 0.15) is 10.4 Å². The average molecular weight is 318 g/mol. The number of amides is 1. The number of benzene rings is 1. The normalized spacial score (nSPS) is 10.1. The molecule has 0 aliphatic heterocycles. The van der Waals surface area contributed by atoms with Gasteiger partial charge in [0.1, 0.15) is 0 Å². The van der Waals surface area contributed by atoms with Crippen molar-refractivity contribution >= 4 is 49.9 Å². The molecule has 16 heavy (non-hydrogen) atoms. The van der Waals surface area contributed by atoms with Crippen molar-refractivity contribution in [2.75, 3.05) is 5.32 Å². The number of carbonyl (C=O) groups is 1. The zero-order valence-electron chi connectivity index (χ0n) is 7.91. The van der Waals surface area contributed by atoms with Gasteiger partial charge < -0.3 is 0 Å². The van der Waals surface area contributed by atoms with Crippen molar-refractivity contribution in [1.82, 2.24) is 4.98 Å². The first-order valence-electron chi connectivity index (χ1n) is 4.33. The van der Waals surface area contributed by atoms with Crippen LogP contribution >= 0.6 is 38.9 Å². The second-order valence-corrected chi connectivity index (χ2v) is 5.08. The summed E-state index contributed by atoms with van der Waals surface area (Å²) in [5.74, 6) is -0.202. The molecule has 0 aliphatic carbocycles. The largest absolute Gasteiger partial charge is 0.298 e. The number of anilines is 1. The smallest absolute Gasteiger partial charge is 0.257 e. The Morgan fingerprint density at radius 2 is 2.31 bits per heavy atom. The highest BCUT2D eigenvalue weighted by Gasteiger charge is 2.08. The second-order valence-electron chi connectivity index (χ2n) is 2.92. The van der Waals surface area contributed by atoms with Gasteiger partial charge in [0.2, 0.25) is 0 Å². The third kappa shape index (κ3) is 2.61. The molecule has 6 heteroatoms. The molecule has 0 fully saturated rings. The van der Waals surface area contributed by atoms with Crippen molar-refractivity contribution in [1.29, 1.82) is 0 Å². The molecule has 0 atom stereocenters. The number of nitrogens with one attached hydrogen (secondary N) is 1. The van der Waals surface area contributed by atoms with Gasteiger partial charge in [-0.2, -0.15) is 0 Å². The quantitative estimate of drug-likeness (QED) is 0.915. The van der Waals surface area contributed by atoms with Gasteiger partial charge in [-0.3, -0.25) is 10.1 Å². The fourth-order valence-electron chi connectivity index (χ4n) is 1.09. The highest BCUT2D eigenvalue weighted by molar-refractivity contribution is 9.10. The Balaban J connectivity index is 2.18. The standard InChI is InChI=1S/C10H6BrClN2OS/c11-7-5-6(1-2-8(7)12)9(15)14-10-13-3-4-16-10/h1-5H,(H,13,14,15). The zero-order valence-corrected chi connectivity index (χ0v) is 11.1. The summed E-state index contributed by atoms with van der Waals surface area (Å²) in [5, 5.41) is 5.64. The van der Waals surface area contributed by atoms with Gasteiger partial charge in [0.25, 0.3) is 5.91 Å². The lowest BCUT2D eigenvalue weighted by atomic mass is 10.2. The molecule has 0 spiro atoms. The van der Waals surface area contributed by atoms with Crippen molar-refractivity contribution < 1.29 is 4.79 Å². The summed E-state index contributed by atoms with van der Waals surface area (Å²) >= 11 is 10.5. The Morgan fingerprint density at radius 3 is 2.94 bits per heavy atom. The third-order valence-corrected chi connectivity index (χ3v) is 3.74. The van der Waals surface area contributed by atoms with E-state index in [1.807, 2.05) is 0 Å². The van der Waals surface area contributed by atoms with E-state index in [2.05, 4.69) is 26.2 Å². The molecular weight excluding hydrogens is 312 g/mol. The van der Waals surface area contributed by atoms with Gasteiger partial charge in [-0.1, -0.05) is 11.6 Å². The molecule has 0 bridgehead atoms. The molecule has 0 saturated carbocycles. The molecule has 1 aromatic carbocycles. The number of aromatic nitrogens is 1. The lowest BCUT2D eigenvalue weighted by molar-refractivity contribution is 0.102. The number of hydrogen-bond acceptors (Lipinski definition) is 3. The van der Waals surface area contributed by atoms with E-state index in [0.717, 1.165) is 0 Å². The van der Waals surface area contributed by atoms with Gasteiger partial charge in [0.15, 0.2) is 5.13 Å². The van der Waals surface area contributed by atoms with Crippen molar-refractivity contribution in [3.8, 4) is 0 Å². The van der Waals surface area contributed by atoms with Crippen LogP contribution in [0.15, 0.2) is 34.2 Å². The van der Waals surface area contributed by atoms with Crippen LogP contribution < -0.4 is 5.32 Å². The molecule has 0 radical (unpaired) electrons. The summed E-state index contributed by atoms with van der Waals surface area (Å²) in [5.41, 5.74) is 0.534. The summed E-state index contributed by atoms with van der Waals surface area (Å²) in [7, 11) is 0. The van der Waals surface area contributed by atoms with Crippen LogP contribution in [0, 0.1) is 0 Å². The summed E-state index contributed by atoms with van der Waals surface area (Å²) in [6.45, 7) is 0. The average Bonchev–Trinajstić information content (AvgIpc) is 2.74. The number of hydrogen-bond donors (Lipinski definition) is 1. The number of rotatable bonds is 2. The molecule has 0 saturated heterocycles. The number of thiazole rings is 1. The van der Waals surface area contributed by atoms with Crippen molar-refractivity contribution in [3.05, 3.63) is 44.8 Å². The van der Waals surface area contributed by atoms with Gasteiger partial charge in [-0.05, 0) is 34.1 Å². The molecule has 1 amide bonds. The van der Waals surface area contributed by atoms with Gasteiger partial charge >= 0.3 is 0 Å². The lowest BCUT2D eigenvalue weighted by Gasteiger charge is -2.03. The predicted octanol–water partition coefficient (Wildman–Crippen LogP) is 3.81. The van der Waals surface area contributed by atoms with Crippen LogP contribution in [-0.4, -0.2) is 10.9 Å². The molecule has 3 nitrogen and oxygen atoms in total. The fourth-order valence-corrected chi connectivity index (χ4v) is 2.11. The lowest BCUT2D eigenvalue weighted by Crippen LogP contribution is -2.11. The topological polar surface area (TPSA) is 42.0 Å². The van der Waals surface area contributed by atoms with Crippen LogP contribution in [0.2, 0.25) is 5.02 Å². The van der Waals surface area contributed by atoms with Crippen LogP contribution in [-0.2, 0) is 0 Å². The minimum atomic E-state index is -0.202. The van der Waals surface area contributed by atoms with Gasteiger partial charge in [0, 0.05) is 21.6 Å². The maximum Gasteiger partial charge on any atom is 0.257 e. The van der Waals surface area contributed by atoms with E-state index in [1.165, 1.54) is 11.3 Å². The third-order valence-electron chi connectivity index (χ3n) is 1.83. The van der Waals surface area contributed by atoms with E-state index in [4.69, 9.17) is 11.6 Å². The Kier molecular flexibility index (Phi) is 3.58. The molecule has 0 aliphatic rings. The molecule has 1 heterocycles. The Labute approximate surface area is 110 Å². The Bertz CT molecular complexity index is 516. The van der Waals surface area contributed by atoms with E-state index in [9.17, 15) is 4.79 Å². The summed E-state index contributed by atoms with van der Waals surface area (Å²) in [6.07, 6.45) is 1.64. The van der Waals surface area contributed by atoms with Crippen LogP contribution in [0.4, 0.5) is 5.13 Å². The first-order chi connectivity index (χ1) is 7.66. The number of halogens is 2. The molecular formula is C10H6BrClN2OS. The monoisotopic (exact) mass is 316 g/mol. The van der Waals surface area contributed by atoms with Gasteiger partial charge in [-0.25, -0.2) is 4.98 Å². The van der Waals surface area contributed by atoms with Crippen LogP contribution in [0.5, 0.6) is 0 Å². The maximum absolute atomic E-state index is 11.8. The first kappa shape index (κ1) is 11.6. The van der Waals surface area contributed by atoms with E-state index < -0.39 is 0 Å². The maximum atomic E-state index is 11.8. The van der Waals surface area contributed by atoms with Gasteiger partial charge in [0.05, 0.1) is 5.02 Å². The molecule has 2 rings (SSSR count). The highest BCUT2D eigenvalue weighted by atomic mass is 79.9. The fraction of sp³-hybridized carbons (Fsp3) is 0. The minimum Gasteiger partial charge on any atom is -0.298 e. The van der Waals surface area contributed by atoms with Gasteiger partial charge in [-0.15, -0.1) is 11.3 Å². The van der Waals surface area contributed by atoms with E-state index >= 15 is 0 Å².